The van der Waals surface area contributed by atoms with Crippen LogP contribution in [0.15, 0.2) is 138 Å². The number of furan rings is 1. The Labute approximate surface area is 552 Å². The van der Waals surface area contributed by atoms with Crippen molar-refractivity contribution in [1.29, 1.82) is 0 Å². The van der Waals surface area contributed by atoms with Gasteiger partial charge in [-0.2, -0.15) is 0 Å². The van der Waals surface area contributed by atoms with Crippen LogP contribution in [0.5, 0.6) is 5.75 Å². The molecule has 0 aliphatic heterocycles. The molecule has 1 heterocycles. The van der Waals surface area contributed by atoms with Gasteiger partial charge in [-0.05, 0) is 59.7 Å². The van der Waals surface area contributed by atoms with Gasteiger partial charge in [0, 0.05) is 199 Å². The molecule has 444 valence electrons. The number of carboxylic acids is 8. The fourth-order valence-electron chi connectivity index (χ4n) is 3.73. The van der Waals surface area contributed by atoms with Crippen LogP contribution in [0.4, 0.5) is 0 Å². The van der Waals surface area contributed by atoms with Crippen molar-refractivity contribution in [3.8, 4) is 5.75 Å². The summed E-state index contributed by atoms with van der Waals surface area (Å²) in [5.41, 5.74) is 2.21. The number of hydrogen-bond acceptors (Lipinski definition) is 11. The van der Waals surface area contributed by atoms with Gasteiger partial charge in [0.1, 0.15) is 11.7 Å². The zero-order chi connectivity index (χ0) is 51.4. The van der Waals surface area contributed by atoms with Gasteiger partial charge >= 0.3 is 35.8 Å². The van der Waals surface area contributed by atoms with Crippen molar-refractivity contribution in [2.45, 2.75) is 47.5 Å². The molecule has 0 unspecified atom stereocenters. The number of aliphatic carboxylic acids is 5. The van der Waals surface area contributed by atoms with Gasteiger partial charge in [-0.15, -0.1) is 0 Å². The number of rotatable bonds is 10. The maximum absolute atomic E-state index is 11.3. The first-order valence-electron chi connectivity index (χ1n) is 18.9. The third-order valence-corrected chi connectivity index (χ3v) is 6.83. The zero-order valence-corrected chi connectivity index (χ0v) is 51.3. The van der Waals surface area contributed by atoms with Crippen LogP contribution in [-0.4, -0.2) is 101 Å². The van der Waals surface area contributed by atoms with E-state index in [1.54, 1.807) is 70.2 Å². The Bertz CT molecular complexity index is 2160. The van der Waals surface area contributed by atoms with Crippen molar-refractivity contribution in [3.05, 3.63) is 162 Å². The van der Waals surface area contributed by atoms with E-state index in [2.05, 4.69) is 4.42 Å². The summed E-state index contributed by atoms with van der Waals surface area (Å²) in [4.78, 5) is 89.6. The van der Waals surface area contributed by atoms with Crippen LogP contribution in [0.3, 0.4) is 0 Å². The van der Waals surface area contributed by atoms with Crippen LogP contribution in [-0.2, 0) is 208 Å². The Morgan fingerprint density at radius 2 is 0.730 bits per heavy atom. The summed E-state index contributed by atoms with van der Waals surface area (Å²) >= 11 is 0. The van der Waals surface area contributed by atoms with Gasteiger partial charge in [0.25, 0.3) is 11.9 Å². The maximum atomic E-state index is 11.3. The van der Waals surface area contributed by atoms with Crippen molar-refractivity contribution >= 4 is 53.5 Å². The summed E-state index contributed by atoms with van der Waals surface area (Å²) < 4.78 is 9.35. The third-order valence-electron chi connectivity index (χ3n) is 6.83. The summed E-state index contributed by atoms with van der Waals surface area (Å²) in [7, 11) is 1.54. The molecule has 74 heavy (non-hydrogen) atoms. The maximum Gasteiger partial charge on any atom is 0.372 e. The predicted molar refractivity (Wildman–Crippen MR) is 238 cm³/mol. The van der Waals surface area contributed by atoms with Gasteiger partial charge in [0.2, 0.25) is 11.5 Å². The Morgan fingerprint density at radius 3 is 0.905 bits per heavy atom. The van der Waals surface area contributed by atoms with Crippen LogP contribution >= 0.6 is 0 Å². The molecule has 0 aliphatic carbocycles. The summed E-state index contributed by atoms with van der Waals surface area (Å²) in [5, 5.41) is 65.2. The van der Waals surface area contributed by atoms with Gasteiger partial charge in [0.15, 0.2) is 0 Å². The van der Waals surface area contributed by atoms with Gasteiger partial charge in [-0.3, -0.25) is 24.0 Å². The van der Waals surface area contributed by atoms with Gasteiger partial charge < -0.3 is 50.0 Å². The number of hydrogen-bond donors (Lipinski definition) is 8. The van der Waals surface area contributed by atoms with E-state index < -0.39 is 65.4 Å². The Kier molecular flexibility index (Phi) is 78.0. The van der Waals surface area contributed by atoms with E-state index in [1.165, 1.54) is 37.6 Å². The van der Waals surface area contributed by atoms with E-state index in [4.69, 9.17) is 50.1 Å². The normalized spacial score (nSPS) is 8.08. The molecule has 0 aliphatic rings. The number of aromatic carboxylic acids is 3. The Balaban J connectivity index is -0.0000000695. The second-order valence-electron chi connectivity index (χ2n) is 12.9. The molecule has 0 fully saturated rings. The summed E-state index contributed by atoms with van der Waals surface area (Å²) in [6.45, 7) is 8.55. The molecule has 8 N–H and O–H groups in total. The first-order valence-corrected chi connectivity index (χ1v) is 18.9. The van der Waals surface area contributed by atoms with Crippen molar-refractivity contribution in [2.24, 2.45) is 11.8 Å². The van der Waals surface area contributed by atoms with Crippen LogP contribution in [0.1, 0.15) is 89.9 Å². The number of carbonyl (C=O) groups excluding carboxylic acids is 1. The molecule has 0 atom stereocenters. The van der Waals surface area contributed by atoms with E-state index in [9.17, 15) is 38.7 Å². The second kappa shape index (κ2) is 59.6. The molecule has 4 aromatic carbocycles. The second-order valence-corrected chi connectivity index (χ2v) is 12.9. The number of ketones is 1. The van der Waals surface area contributed by atoms with Crippen molar-refractivity contribution in [1.82, 2.24) is 0 Å². The van der Waals surface area contributed by atoms with E-state index >= 15 is 0 Å². The molecule has 0 saturated heterocycles. The van der Waals surface area contributed by atoms with Crippen molar-refractivity contribution in [3.63, 3.8) is 0 Å². The van der Waals surface area contributed by atoms with E-state index in [1.807, 2.05) is 60.7 Å². The average Bonchev–Trinajstić information content (AvgIpc) is 3.81. The summed E-state index contributed by atoms with van der Waals surface area (Å²) in [6.07, 6.45) is 1.32. The van der Waals surface area contributed by atoms with Crippen LogP contribution in [0, 0.1) is 11.8 Å². The van der Waals surface area contributed by atoms with Crippen LogP contribution in [0.2, 0.25) is 0 Å². The van der Waals surface area contributed by atoms with Crippen LogP contribution in [0.25, 0.3) is 0 Å². The number of ether oxygens (including phenoxy) is 1. The molecule has 0 bridgehead atoms. The average molecular weight is 1790 g/mol. The first-order chi connectivity index (χ1) is 30.8. The molecule has 19 nitrogen and oxygen atoms in total. The Morgan fingerprint density at radius 1 is 0.419 bits per heavy atom. The standard InChI is InChI=1S/C14H12O2.C8H8O3.C7H6O2.C5H4O3.C5H8O3.C4H8O2.2C2H4O2.8Ag/c15-14(16)13(11-7-3-1-4-8-11)12-9-5-2-6-10-12;1-11-7-4-2-6(3-5-7)8(9)10;8-7(9)6-4-2-1-3-5-6;6-5(7)4-2-1-3-8-4;1-3(2)4(6)5(7)8;1-3(2)4(5)6;2*1-2(3)4;;;;;;;;/h1-10,13H,(H,15,16);2-5H,1H3,(H,9,10);1-5H,(H,8,9);1-3H,(H,6,7);3H,1-2H3,(H,7,8);3H,1-2H3,(H,5,6);2*1H3,(H,3,4);;;;;;;;. The molecule has 0 spiro atoms. The quantitative estimate of drug-likeness (QED) is 0.0487. The largest absolute Gasteiger partial charge is 0.497 e. The minimum Gasteiger partial charge on any atom is -0.497 e. The molecule has 0 saturated carbocycles. The van der Waals surface area contributed by atoms with Gasteiger partial charge in [-0.1, -0.05) is 107 Å². The Hall–Kier alpha value is -2.69. The smallest absolute Gasteiger partial charge is 0.372 e. The van der Waals surface area contributed by atoms with Crippen molar-refractivity contribution in [2.75, 3.05) is 7.11 Å². The van der Waals surface area contributed by atoms with Gasteiger partial charge in [0.05, 0.1) is 30.4 Å². The summed E-state index contributed by atoms with van der Waals surface area (Å²) in [5.74, 6) is -8.71. The zero-order valence-electron chi connectivity index (χ0n) is 39.4. The van der Waals surface area contributed by atoms with Crippen LogP contribution < -0.4 is 4.74 Å². The number of benzene rings is 4. The molecule has 1 aromatic heterocycles. The molecule has 5 rings (SSSR count). The monoisotopic (exact) mass is 1780 g/mol. The topological polar surface area (TPSA) is 338 Å². The molecular weight excluding hydrogens is 1730 g/mol. The van der Waals surface area contributed by atoms with E-state index in [0.29, 0.717) is 11.3 Å². The summed E-state index contributed by atoms with van der Waals surface area (Å²) in [6, 6.07) is 36.0. The molecule has 5 aromatic rings. The number of Topliss-reactive ketones (excluding diaryl/α,β-unsaturated/α-hetero) is 1. The van der Waals surface area contributed by atoms with E-state index in [-0.39, 0.29) is 196 Å². The predicted octanol–water partition coefficient (Wildman–Crippen LogP) is 7.84. The minimum atomic E-state index is -1.35. The fourth-order valence-corrected chi connectivity index (χ4v) is 3.73. The molecule has 0 amide bonds. The number of carbonyl (C=O) groups is 9. The number of methoxy groups -OCH3 is 1. The third kappa shape index (κ3) is 55.5. The fraction of sp³-hybridized carbons (Fsp3) is 0.213. The molecule has 27 heteroatoms. The molecular formula is C47H54Ag8O19. The first kappa shape index (κ1) is 96.9. The SMILES string of the molecule is CC(=O)O.CC(=O)O.CC(C)C(=O)C(=O)O.CC(C)C(=O)O.COc1ccc(C(=O)O)cc1.O=C(O)C(c1ccccc1)c1ccccc1.O=C(O)c1ccccc1.O=C(O)c1ccco1.[Ag].[Ag].[Ag].[Ag].[Ag].[Ag].[Ag].[Ag]. The minimum absolute atomic E-state index is 0. The molecule has 8 radical (unpaired) electrons. The van der Waals surface area contributed by atoms with Crippen molar-refractivity contribution < 1.29 is 272 Å². The number of carboxylic acid groups (broad SMARTS) is 8. The van der Waals surface area contributed by atoms with E-state index in [0.717, 1.165) is 25.0 Å². The van der Waals surface area contributed by atoms with Gasteiger partial charge in [-0.25, -0.2) is 19.2 Å².